The van der Waals surface area contributed by atoms with Gasteiger partial charge in [0.05, 0.1) is 0 Å². The average Bonchev–Trinajstić information content (AvgIpc) is 2.97. The largest absolute Gasteiger partial charge is 0.0843 e. The van der Waals surface area contributed by atoms with E-state index < -0.39 is 0 Å². The summed E-state index contributed by atoms with van der Waals surface area (Å²) in [6.07, 6.45) is 5.14. The smallest absolute Gasteiger partial charge is 0.0409 e. The van der Waals surface area contributed by atoms with Gasteiger partial charge < -0.3 is 0 Å². The van der Waals surface area contributed by atoms with Crippen LogP contribution in [-0.4, -0.2) is 0 Å². The highest BCUT2D eigenvalue weighted by molar-refractivity contribution is 9.10. The Bertz CT molecular complexity index is 615. The highest BCUT2D eigenvalue weighted by atomic mass is 79.9. The fourth-order valence-corrected chi connectivity index (χ4v) is 4.49. The molecule has 19 heavy (non-hydrogen) atoms. The van der Waals surface area contributed by atoms with Gasteiger partial charge in [-0.3, -0.25) is 0 Å². The van der Waals surface area contributed by atoms with Crippen LogP contribution in [0.5, 0.6) is 0 Å². The molecule has 2 aromatic rings. The summed E-state index contributed by atoms with van der Waals surface area (Å²) in [6.45, 7) is 0. The number of hydrogen-bond acceptors (Lipinski definition) is 0. The number of halogens is 2. The summed E-state index contributed by atoms with van der Waals surface area (Å²) in [5, 5.41) is 0.858. The molecule has 0 radical (unpaired) electrons. The van der Waals surface area contributed by atoms with Gasteiger partial charge in [-0.1, -0.05) is 52.5 Å². The number of benzene rings is 2. The lowest BCUT2D eigenvalue weighted by molar-refractivity contribution is 0.549. The van der Waals surface area contributed by atoms with E-state index in [9.17, 15) is 0 Å². The molecule has 0 unspecified atom stereocenters. The molecule has 0 saturated heterocycles. The molecule has 0 aliphatic heterocycles. The lowest BCUT2D eigenvalue weighted by atomic mass is 9.77. The standard InChI is InChI=1S/C17H14BrCl/c18-11-3-5-13-14-6-4-12(19)10-16(14)17(15(13)9-11)7-1-2-8-17/h3-6,9-10H,1-2,7-8H2. The van der Waals surface area contributed by atoms with Crippen molar-refractivity contribution in [3.05, 3.63) is 57.0 Å². The molecule has 2 aliphatic carbocycles. The van der Waals surface area contributed by atoms with Crippen molar-refractivity contribution in [2.24, 2.45) is 0 Å². The third-order valence-corrected chi connectivity index (χ3v) is 5.47. The van der Waals surface area contributed by atoms with Crippen molar-refractivity contribution in [2.45, 2.75) is 31.1 Å². The molecule has 0 bridgehead atoms. The summed E-state index contributed by atoms with van der Waals surface area (Å²) in [4.78, 5) is 0. The van der Waals surface area contributed by atoms with Crippen LogP contribution in [-0.2, 0) is 5.41 Å². The minimum Gasteiger partial charge on any atom is -0.0843 e. The number of rotatable bonds is 0. The molecule has 96 valence electrons. The monoisotopic (exact) mass is 332 g/mol. The van der Waals surface area contributed by atoms with Crippen molar-refractivity contribution < 1.29 is 0 Å². The summed E-state index contributed by atoms with van der Waals surface area (Å²) in [7, 11) is 0. The molecule has 2 heteroatoms. The first-order chi connectivity index (χ1) is 9.21. The Balaban J connectivity index is 2.07. The van der Waals surface area contributed by atoms with Crippen LogP contribution in [0.15, 0.2) is 40.9 Å². The molecule has 0 N–H and O–H groups in total. The van der Waals surface area contributed by atoms with Crippen molar-refractivity contribution in [2.75, 3.05) is 0 Å². The molecule has 0 nitrogen and oxygen atoms in total. The van der Waals surface area contributed by atoms with Gasteiger partial charge in [0.1, 0.15) is 0 Å². The Morgan fingerprint density at radius 3 is 2.26 bits per heavy atom. The lowest BCUT2D eigenvalue weighted by Gasteiger charge is -2.26. The van der Waals surface area contributed by atoms with Gasteiger partial charge in [-0.15, -0.1) is 0 Å². The molecule has 1 fully saturated rings. The SMILES string of the molecule is Clc1ccc2c(c1)C1(CCCC1)c1cc(Br)ccc1-2. The first kappa shape index (κ1) is 12.0. The Morgan fingerprint density at radius 1 is 0.895 bits per heavy atom. The normalized spacial score (nSPS) is 18.6. The van der Waals surface area contributed by atoms with Crippen LogP contribution in [0.4, 0.5) is 0 Å². The van der Waals surface area contributed by atoms with Gasteiger partial charge in [0, 0.05) is 14.9 Å². The Hall–Kier alpha value is -0.790. The summed E-state index contributed by atoms with van der Waals surface area (Å²) < 4.78 is 1.18. The number of hydrogen-bond donors (Lipinski definition) is 0. The van der Waals surface area contributed by atoms with E-state index in [1.54, 1.807) is 0 Å². The predicted octanol–water partition coefficient (Wildman–Crippen LogP) is 5.94. The van der Waals surface area contributed by atoms with E-state index in [2.05, 4.69) is 46.3 Å². The predicted molar refractivity (Wildman–Crippen MR) is 83.8 cm³/mol. The molecular formula is C17H14BrCl. The fraction of sp³-hybridized carbons (Fsp3) is 0.294. The third kappa shape index (κ3) is 1.58. The quantitative estimate of drug-likeness (QED) is 0.559. The molecule has 0 atom stereocenters. The van der Waals surface area contributed by atoms with E-state index in [0.29, 0.717) is 0 Å². The van der Waals surface area contributed by atoms with E-state index >= 15 is 0 Å². The molecule has 1 spiro atoms. The second-order valence-electron chi connectivity index (χ2n) is 5.67. The average molecular weight is 334 g/mol. The van der Waals surface area contributed by atoms with Crippen molar-refractivity contribution in [3.63, 3.8) is 0 Å². The van der Waals surface area contributed by atoms with Crippen molar-refractivity contribution in [1.29, 1.82) is 0 Å². The minimum atomic E-state index is 0.222. The van der Waals surface area contributed by atoms with Crippen LogP contribution in [0.25, 0.3) is 11.1 Å². The van der Waals surface area contributed by atoms with Crippen LogP contribution >= 0.6 is 27.5 Å². The highest BCUT2D eigenvalue weighted by Crippen LogP contribution is 2.57. The lowest BCUT2D eigenvalue weighted by Crippen LogP contribution is -2.20. The van der Waals surface area contributed by atoms with E-state index in [1.165, 1.54) is 52.4 Å². The van der Waals surface area contributed by atoms with E-state index in [0.717, 1.165) is 5.02 Å². The maximum atomic E-state index is 6.25. The zero-order chi connectivity index (χ0) is 13.0. The second kappa shape index (κ2) is 4.10. The van der Waals surface area contributed by atoms with Crippen LogP contribution in [0.2, 0.25) is 5.02 Å². The third-order valence-electron chi connectivity index (χ3n) is 4.74. The van der Waals surface area contributed by atoms with Gasteiger partial charge in [0.25, 0.3) is 0 Å². The Morgan fingerprint density at radius 2 is 1.53 bits per heavy atom. The number of fused-ring (bicyclic) bond motifs is 5. The Labute approximate surface area is 126 Å². The van der Waals surface area contributed by atoms with E-state index in [4.69, 9.17) is 11.6 Å². The molecule has 2 aromatic carbocycles. The zero-order valence-electron chi connectivity index (χ0n) is 10.5. The van der Waals surface area contributed by atoms with Crippen molar-refractivity contribution in [3.8, 4) is 11.1 Å². The molecule has 0 aromatic heterocycles. The molecule has 0 heterocycles. The molecule has 0 amide bonds. The van der Waals surface area contributed by atoms with Gasteiger partial charge >= 0.3 is 0 Å². The van der Waals surface area contributed by atoms with Crippen molar-refractivity contribution >= 4 is 27.5 Å². The second-order valence-corrected chi connectivity index (χ2v) is 7.02. The van der Waals surface area contributed by atoms with Crippen LogP contribution < -0.4 is 0 Å². The maximum Gasteiger partial charge on any atom is 0.0409 e. The zero-order valence-corrected chi connectivity index (χ0v) is 12.9. The summed E-state index contributed by atoms with van der Waals surface area (Å²) in [5.74, 6) is 0. The van der Waals surface area contributed by atoms with Gasteiger partial charge in [-0.05, 0) is 59.4 Å². The first-order valence-corrected chi connectivity index (χ1v) is 7.98. The fourth-order valence-electron chi connectivity index (χ4n) is 3.96. The van der Waals surface area contributed by atoms with E-state index in [1.807, 2.05) is 6.07 Å². The van der Waals surface area contributed by atoms with Gasteiger partial charge in [0.15, 0.2) is 0 Å². The maximum absolute atomic E-state index is 6.25. The molecule has 1 saturated carbocycles. The first-order valence-electron chi connectivity index (χ1n) is 6.81. The van der Waals surface area contributed by atoms with Gasteiger partial charge in [0.2, 0.25) is 0 Å². The summed E-state index contributed by atoms with van der Waals surface area (Å²) >= 11 is 9.88. The summed E-state index contributed by atoms with van der Waals surface area (Å²) in [6, 6.07) is 13.1. The summed E-state index contributed by atoms with van der Waals surface area (Å²) in [5.41, 5.74) is 5.95. The molecule has 2 aliphatic rings. The minimum absolute atomic E-state index is 0.222. The van der Waals surface area contributed by atoms with Crippen LogP contribution in [0.3, 0.4) is 0 Å². The van der Waals surface area contributed by atoms with Gasteiger partial charge in [-0.2, -0.15) is 0 Å². The Kier molecular flexibility index (Phi) is 2.59. The van der Waals surface area contributed by atoms with Gasteiger partial charge in [-0.25, -0.2) is 0 Å². The highest BCUT2D eigenvalue weighted by Gasteiger charge is 2.44. The molecular weight excluding hydrogens is 320 g/mol. The van der Waals surface area contributed by atoms with Crippen LogP contribution in [0.1, 0.15) is 36.8 Å². The molecule has 4 rings (SSSR count). The van der Waals surface area contributed by atoms with Crippen LogP contribution in [0, 0.1) is 0 Å². The van der Waals surface area contributed by atoms with E-state index in [-0.39, 0.29) is 5.41 Å². The van der Waals surface area contributed by atoms with Crippen molar-refractivity contribution in [1.82, 2.24) is 0 Å². The topological polar surface area (TPSA) is 0 Å².